The molecule has 0 heterocycles. The van der Waals surface area contributed by atoms with E-state index in [1.807, 2.05) is 32.0 Å². The maximum Gasteiger partial charge on any atom is 0.161 e. The van der Waals surface area contributed by atoms with Crippen molar-refractivity contribution in [2.45, 2.75) is 26.0 Å². The van der Waals surface area contributed by atoms with Crippen LogP contribution in [0, 0.1) is 0 Å². The second kappa shape index (κ2) is 8.36. The van der Waals surface area contributed by atoms with Gasteiger partial charge in [-0.1, -0.05) is 6.07 Å². The Hall–Kier alpha value is -1.30. The fraction of sp³-hybridized carbons (Fsp3) is 0.647. The standard InChI is InChI=1S/C17H30N2O3/c1-17(2,20)13-19(10-9-18(3)4)12-14-7-8-15(21-5)16(11-14)22-6/h7-8,11,20H,9-10,12-13H2,1-6H3. The van der Waals surface area contributed by atoms with Crippen LogP contribution in [-0.4, -0.2) is 68.5 Å². The molecule has 0 bridgehead atoms. The number of hydrogen-bond acceptors (Lipinski definition) is 5. The first kappa shape index (κ1) is 18.7. The molecule has 0 unspecified atom stereocenters. The molecule has 1 aromatic carbocycles. The van der Waals surface area contributed by atoms with Gasteiger partial charge in [0.2, 0.25) is 0 Å². The monoisotopic (exact) mass is 310 g/mol. The average molecular weight is 310 g/mol. The Morgan fingerprint density at radius 3 is 2.18 bits per heavy atom. The van der Waals surface area contributed by atoms with Gasteiger partial charge in [0.15, 0.2) is 11.5 Å². The molecule has 0 aliphatic heterocycles. The highest BCUT2D eigenvalue weighted by Crippen LogP contribution is 2.28. The van der Waals surface area contributed by atoms with Gasteiger partial charge in [0.05, 0.1) is 19.8 Å². The summed E-state index contributed by atoms with van der Waals surface area (Å²) in [6.45, 7) is 6.90. The summed E-state index contributed by atoms with van der Waals surface area (Å²) in [5, 5.41) is 10.1. The zero-order valence-electron chi connectivity index (χ0n) is 14.7. The highest BCUT2D eigenvalue weighted by Gasteiger charge is 2.19. The Morgan fingerprint density at radius 2 is 1.68 bits per heavy atom. The van der Waals surface area contributed by atoms with E-state index >= 15 is 0 Å². The number of ether oxygens (including phenoxy) is 2. The lowest BCUT2D eigenvalue weighted by Gasteiger charge is -2.30. The highest BCUT2D eigenvalue weighted by atomic mass is 16.5. The van der Waals surface area contributed by atoms with Crippen molar-refractivity contribution in [2.75, 3.05) is 47.9 Å². The molecular formula is C17H30N2O3. The third-order valence-corrected chi connectivity index (χ3v) is 3.33. The van der Waals surface area contributed by atoms with Gasteiger partial charge in [0.1, 0.15) is 0 Å². The molecule has 0 aliphatic carbocycles. The molecule has 0 saturated heterocycles. The van der Waals surface area contributed by atoms with E-state index in [9.17, 15) is 5.11 Å². The van der Waals surface area contributed by atoms with E-state index in [1.165, 1.54) is 0 Å². The first-order chi connectivity index (χ1) is 10.2. The van der Waals surface area contributed by atoms with Gasteiger partial charge in [-0.15, -0.1) is 0 Å². The lowest BCUT2D eigenvalue weighted by Crippen LogP contribution is -2.41. The van der Waals surface area contributed by atoms with Crippen molar-refractivity contribution in [1.82, 2.24) is 9.80 Å². The van der Waals surface area contributed by atoms with Crippen LogP contribution in [0.25, 0.3) is 0 Å². The van der Waals surface area contributed by atoms with E-state index in [0.29, 0.717) is 6.54 Å². The van der Waals surface area contributed by atoms with Crippen LogP contribution in [0.3, 0.4) is 0 Å². The zero-order chi connectivity index (χ0) is 16.8. The largest absolute Gasteiger partial charge is 0.493 e. The Labute approximate surface area is 134 Å². The van der Waals surface area contributed by atoms with Crippen LogP contribution in [0.1, 0.15) is 19.4 Å². The van der Waals surface area contributed by atoms with Crippen LogP contribution in [0.15, 0.2) is 18.2 Å². The van der Waals surface area contributed by atoms with Crippen molar-refractivity contribution in [1.29, 1.82) is 0 Å². The average Bonchev–Trinajstić information content (AvgIpc) is 2.43. The molecule has 126 valence electrons. The molecular weight excluding hydrogens is 280 g/mol. The van der Waals surface area contributed by atoms with Gasteiger partial charge < -0.3 is 19.5 Å². The summed E-state index contributed by atoms with van der Waals surface area (Å²) in [5.74, 6) is 1.46. The van der Waals surface area contributed by atoms with Crippen molar-refractivity contribution in [3.63, 3.8) is 0 Å². The summed E-state index contributed by atoms with van der Waals surface area (Å²) in [4.78, 5) is 4.40. The van der Waals surface area contributed by atoms with E-state index in [-0.39, 0.29) is 0 Å². The van der Waals surface area contributed by atoms with Crippen LogP contribution in [0.2, 0.25) is 0 Å². The third-order valence-electron chi connectivity index (χ3n) is 3.33. The minimum Gasteiger partial charge on any atom is -0.493 e. The minimum atomic E-state index is -0.719. The second-order valence-electron chi connectivity index (χ2n) is 6.52. The number of hydrogen-bond donors (Lipinski definition) is 1. The molecule has 0 fully saturated rings. The summed E-state index contributed by atoms with van der Waals surface area (Å²) in [6, 6.07) is 5.95. The molecule has 1 rings (SSSR count). The normalized spacial score (nSPS) is 12.0. The van der Waals surface area contributed by atoms with Crippen LogP contribution < -0.4 is 9.47 Å². The van der Waals surface area contributed by atoms with E-state index in [0.717, 1.165) is 36.7 Å². The molecule has 1 N–H and O–H groups in total. The minimum absolute atomic E-state index is 0.620. The van der Waals surface area contributed by atoms with Crippen LogP contribution in [0.4, 0.5) is 0 Å². The molecule has 0 radical (unpaired) electrons. The third kappa shape index (κ3) is 6.64. The van der Waals surface area contributed by atoms with Crippen molar-refractivity contribution in [2.24, 2.45) is 0 Å². The number of benzene rings is 1. The SMILES string of the molecule is COc1ccc(CN(CCN(C)C)CC(C)(C)O)cc1OC. The Bertz CT molecular complexity index is 456. The van der Waals surface area contributed by atoms with Gasteiger partial charge in [-0.2, -0.15) is 0 Å². The van der Waals surface area contributed by atoms with Crippen molar-refractivity contribution >= 4 is 0 Å². The van der Waals surface area contributed by atoms with Gasteiger partial charge in [-0.3, -0.25) is 4.90 Å². The van der Waals surface area contributed by atoms with Crippen LogP contribution in [-0.2, 0) is 6.54 Å². The summed E-state index contributed by atoms with van der Waals surface area (Å²) < 4.78 is 10.6. The molecule has 0 saturated carbocycles. The first-order valence-corrected chi connectivity index (χ1v) is 7.55. The maximum atomic E-state index is 10.1. The molecule has 0 aromatic heterocycles. The molecule has 0 aliphatic rings. The maximum absolute atomic E-state index is 10.1. The van der Waals surface area contributed by atoms with Crippen molar-refractivity contribution in [3.05, 3.63) is 23.8 Å². The van der Waals surface area contributed by atoms with E-state index in [1.54, 1.807) is 14.2 Å². The molecule has 5 nitrogen and oxygen atoms in total. The number of methoxy groups -OCH3 is 2. The zero-order valence-corrected chi connectivity index (χ0v) is 14.7. The van der Waals surface area contributed by atoms with Crippen LogP contribution in [0.5, 0.6) is 11.5 Å². The second-order valence-corrected chi connectivity index (χ2v) is 6.52. The summed E-state index contributed by atoms with van der Waals surface area (Å²) in [6.07, 6.45) is 0. The molecule has 0 amide bonds. The van der Waals surface area contributed by atoms with E-state index < -0.39 is 5.60 Å². The topological polar surface area (TPSA) is 45.2 Å². The number of nitrogens with zero attached hydrogens (tertiary/aromatic N) is 2. The fourth-order valence-corrected chi connectivity index (χ4v) is 2.34. The Balaban J connectivity index is 2.83. The molecule has 1 aromatic rings. The summed E-state index contributed by atoms with van der Waals surface area (Å²) in [7, 11) is 7.38. The molecule has 5 heteroatoms. The number of likely N-dealkylation sites (N-methyl/N-ethyl adjacent to an activating group) is 1. The van der Waals surface area contributed by atoms with Gasteiger partial charge in [-0.25, -0.2) is 0 Å². The smallest absolute Gasteiger partial charge is 0.161 e. The van der Waals surface area contributed by atoms with Crippen molar-refractivity contribution < 1.29 is 14.6 Å². The molecule has 0 spiro atoms. The van der Waals surface area contributed by atoms with Gasteiger partial charge in [-0.05, 0) is 45.6 Å². The predicted molar refractivity (Wildman–Crippen MR) is 89.7 cm³/mol. The Kier molecular flexibility index (Phi) is 7.13. The molecule has 22 heavy (non-hydrogen) atoms. The van der Waals surface area contributed by atoms with E-state index in [4.69, 9.17) is 9.47 Å². The van der Waals surface area contributed by atoms with Crippen molar-refractivity contribution in [3.8, 4) is 11.5 Å². The lowest BCUT2D eigenvalue weighted by atomic mass is 10.1. The summed E-state index contributed by atoms with van der Waals surface area (Å²) in [5.41, 5.74) is 0.420. The highest BCUT2D eigenvalue weighted by molar-refractivity contribution is 5.42. The quantitative estimate of drug-likeness (QED) is 0.754. The summed E-state index contributed by atoms with van der Waals surface area (Å²) >= 11 is 0. The Morgan fingerprint density at radius 1 is 1.05 bits per heavy atom. The number of rotatable bonds is 9. The van der Waals surface area contributed by atoms with Gasteiger partial charge >= 0.3 is 0 Å². The fourth-order valence-electron chi connectivity index (χ4n) is 2.34. The molecule has 0 atom stereocenters. The number of aliphatic hydroxyl groups is 1. The van der Waals surface area contributed by atoms with Gasteiger partial charge in [0.25, 0.3) is 0 Å². The van der Waals surface area contributed by atoms with E-state index in [2.05, 4.69) is 23.9 Å². The van der Waals surface area contributed by atoms with Crippen LogP contribution >= 0.6 is 0 Å². The van der Waals surface area contributed by atoms with Gasteiger partial charge in [0, 0.05) is 26.2 Å². The predicted octanol–water partition coefficient (Wildman–Crippen LogP) is 1.84. The first-order valence-electron chi connectivity index (χ1n) is 7.55. The lowest BCUT2D eigenvalue weighted by molar-refractivity contribution is 0.0316.